The minimum absolute atomic E-state index is 0. The summed E-state index contributed by atoms with van der Waals surface area (Å²) in [6.45, 7) is 0. The van der Waals surface area contributed by atoms with Gasteiger partial charge in [0.05, 0.1) is 5.88 Å². The van der Waals surface area contributed by atoms with E-state index in [0.29, 0.717) is 11.6 Å². The second kappa shape index (κ2) is 12.5. The quantitative estimate of drug-likeness (QED) is 0.630. The normalized spacial score (nSPS) is 9.32. The number of alkyl halides is 1. The fraction of sp³-hybridized carbons (Fsp3) is 0.105. The molecule has 3 aromatic rings. The number of hydrogen-bond acceptors (Lipinski definition) is 3. The van der Waals surface area contributed by atoms with Crippen molar-refractivity contribution >= 4 is 28.5 Å². The van der Waals surface area contributed by atoms with Gasteiger partial charge in [-0.2, -0.15) is 0 Å². The fourth-order valence-electron chi connectivity index (χ4n) is 1.80. The molecule has 0 amide bonds. The Morgan fingerprint density at radius 1 is 1.04 bits per heavy atom. The van der Waals surface area contributed by atoms with E-state index in [9.17, 15) is 4.79 Å². The number of nitrogens with zero attached hydrogens (tertiary/aromatic N) is 1. The van der Waals surface area contributed by atoms with Gasteiger partial charge in [-0.05, 0) is 17.7 Å². The first-order valence-corrected chi connectivity index (χ1v) is 8.93. The highest BCUT2D eigenvalue weighted by Crippen LogP contribution is 2.16. The molecule has 0 unspecified atom stereocenters. The first kappa shape index (κ1) is 21.2. The van der Waals surface area contributed by atoms with Crippen molar-refractivity contribution in [3.05, 3.63) is 96.1 Å². The van der Waals surface area contributed by atoms with Gasteiger partial charge in [-0.15, -0.1) is 11.6 Å². The molecule has 1 N–H and O–H groups in total. The molecule has 0 aliphatic heterocycles. The smallest absolute Gasteiger partial charge is 0.219 e. The Morgan fingerprint density at radius 2 is 1.80 bits per heavy atom. The molecule has 2 heterocycles. The van der Waals surface area contributed by atoms with Gasteiger partial charge in [0.15, 0.2) is 12.4 Å². The summed E-state index contributed by atoms with van der Waals surface area (Å²) in [6, 6.07) is 17.1. The number of thioether (sulfide) groups is 1. The number of nitrogens with one attached hydrogen (secondary N) is 1. The van der Waals surface area contributed by atoms with Gasteiger partial charge in [0.1, 0.15) is 0 Å². The van der Waals surface area contributed by atoms with E-state index in [1.165, 1.54) is 11.8 Å². The predicted octanol–water partition coefficient (Wildman–Crippen LogP) is 1.40. The van der Waals surface area contributed by atoms with Crippen LogP contribution in [0.15, 0.2) is 79.4 Å². The Hall–Kier alpha value is -1.88. The zero-order valence-corrected chi connectivity index (χ0v) is 15.8. The summed E-state index contributed by atoms with van der Waals surface area (Å²) in [5, 5.41) is 0.101. The lowest BCUT2D eigenvalue weighted by molar-refractivity contribution is -0.378. The molecule has 0 aliphatic carbocycles. The summed E-state index contributed by atoms with van der Waals surface area (Å²) in [7, 11) is 0. The lowest BCUT2D eigenvalue weighted by Gasteiger charge is -2.00. The van der Waals surface area contributed by atoms with Crippen LogP contribution in [-0.2, 0) is 11.6 Å². The second-order valence-electron chi connectivity index (χ2n) is 4.85. The number of benzene rings is 1. The predicted molar refractivity (Wildman–Crippen MR) is 98.9 cm³/mol. The molecular formula is C19H18Cl2N2OS. The molecule has 6 heteroatoms. The minimum atomic E-state index is 0. The molecular weight excluding hydrogens is 375 g/mol. The van der Waals surface area contributed by atoms with Crippen molar-refractivity contribution in [2.75, 3.05) is 0 Å². The number of rotatable bonds is 4. The van der Waals surface area contributed by atoms with Gasteiger partial charge in [0.2, 0.25) is 5.12 Å². The number of aromatic amines is 1. The van der Waals surface area contributed by atoms with Crippen molar-refractivity contribution in [1.29, 1.82) is 0 Å². The van der Waals surface area contributed by atoms with Crippen molar-refractivity contribution in [2.45, 2.75) is 11.6 Å². The highest BCUT2D eigenvalue weighted by atomic mass is 35.5. The number of aromatic nitrogens is 2. The van der Waals surface area contributed by atoms with Gasteiger partial charge in [-0.3, -0.25) is 9.78 Å². The second-order valence-corrected chi connectivity index (χ2v) is 6.06. The SMILES string of the molecule is ClCc1ccc[nH+]c1.O=C(SCc1cccnc1)c1ccccc1.[Cl-]. The number of carbonyl (C=O) groups excluding carboxylic acids is 1. The highest BCUT2D eigenvalue weighted by Gasteiger charge is 2.05. The molecule has 1 aromatic carbocycles. The zero-order chi connectivity index (χ0) is 17.0. The Balaban J connectivity index is 0.000000295. The molecule has 0 radical (unpaired) electrons. The van der Waals surface area contributed by atoms with E-state index in [0.717, 1.165) is 16.7 Å². The van der Waals surface area contributed by atoms with Crippen LogP contribution in [0.1, 0.15) is 21.5 Å². The Bertz CT molecular complexity index is 728. The standard InChI is InChI=1S/C13H11NOS.C6H6ClN.ClH/c15-13(12-6-2-1-3-7-12)16-10-11-5-4-8-14-9-11;7-4-6-2-1-3-8-5-6;/h1-9H,10H2;1-3,5H,4H2;1H. The van der Waals surface area contributed by atoms with Crippen LogP contribution in [0.2, 0.25) is 0 Å². The molecule has 2 aromatic heterocycles. The monoisotopic (exact) mass is 392 g/mol. The maximum atomic E-state index is 11.8. The fourth-order valence-corrected chi connectivity index (χ4v) is 2.74. The van der Waals surface area contributed by atoms with Crippen molar-refractivity contribution in [3.63, 3.8) is 0 Å². The van der Waals surface area contributed by atoms with Gasteiger partial charge in [0, 0.05) is 35.3 Å². The zero-order valence-electron chi connectivity index (χ0n) is 13.4. The molecule has 0 atom stereocenters. The summed E-state index contributed by atoms with van der Waals surface area (Å²) in [4.78, 5) is 18.7. The third-order valence-corrected chi connectivity index (χ3v) is 4.31. The van der Waals surface area contributed by atoms with Crippen LogP contribution in [0.4, 0.5) is 0 Å². The largest absolute Gasteiger partial charge is 1.00 e. The summed E-state index contributed by atoms with van der Waals surface area (Å²) in [5.74, 6) is 1.25. The summed E-state index contributed by atoms with van der Waals surface area (Å²) in [6.07, 6.45) is 7.25. The van der Waals surface area contributed by atoms with Crippen LogP contribution in [0.25, 0.3) is 0 Å². The average molecular weight is 393 g/mol. The third kappa shape index (κ3) is 8.16. The van der Waals surface area contributed by atoms with Crippen molar-refractivity contribution in [2.24, 2.45) is 0 Å². The Kier molecular flexibility index (Phi) is 10.6. The molecule has 25 heavy (non-hydrogen) atoms. The Labute approximate surface area is 163 Å². The molecule has 0 saturated carbocycles. The van der Waals surface area contributed by atoms with E-state index >= 15 is 0 Å². The van der Waals surface area contributed by atoms with Crippen LogP contribution >= 0.6 is 23.4 Å². The molecule has 0 aliphatic rings. The van der Waals surface area contributed by atoms with E-state index in [4.69, 9.17) is 11.6 Å². The number of halogens is 2. The van der Waals surface area contributed by atoms with Crippen LogP contribution in [-0.4, -0.2) is 10.1 Å². The van der Waals surface area contributed by atoms with Crippen molar-refractivity contribution in [3.8, 4) is 0 Å². The van der Waals surface area contributed by atoms with E-state index in [1.807, 2.05) is 67.0 Å². The Morgan fingerprint density at radius 3 is 2.36 bits per heavy atom. The molecule has 3 rings (SSSR count). The molecule has 0 fully saturated rings. The topological polar surface area (TPSA) is 44.1 Å². The van der Waals surface area contributed by atoms with Gasteiger partial charge in [-0.1, -0.05) is 48.2 Å². The maximum Gasteiger partial charge on any atom is 0.219 e. The number of carbonyl (C=O) groups is 1. The van der Waals surface area contributed by atoms with Crippen LogP contribution < -0.4 is 17.4 Å². The summed E-state index contributed by atoms with van der Waals surface area (Å²) < 4.78 is 0. The van der Waals surface area contributed by atoms with Crippen molar-refractivity contribution in [1.82, 2.24) is 4.98 Å². The summed E-state index contributed by atoms with van der Waals surface area (Å²) in [5.41, 5.74) is 2.93. The lowest BCUT2D eigenvalue weighted by Crippen LogP contribution is -3.00. The van der Waals surface area contributed by atoms with Crippen LogP contribution in [0.5, 0.6) is 0 Å². The average Bonchev–Trinajstić information content (AvgIpc) is 2.69. The molecule has 3 nitrogen and oxygen atoms in total. The minimum Gasteiger partial charge on any atom is -1.00 e. The lowest BCUT2D eigenvalue weighted by atomic mass is 10.2. The van der Waals surface area contributed by atoms with Gasteiger partial charge >= 0.3 is 0 Å². The number of H-pyrrole nitrogens is 1. The first-order chi connectivity index (χ1) is 11.8. The maximum absolute atomic E-state index is 11.8. The highest BCUT2D eigenvalue weighted by molar-refractivity contribution is 8.13. The van der Waals surface area contributed by atoms with E-state index in [-0.39, 0.29) is 17.5 Å². The molecule has 0 spiro atoms. The van der Waals surface area contributed by atoms with E-state index < -0.39 is 0 Å². The molecule has 0 saturated heterocycles. The molecule has 0 bridgehead atoms. The third-order valence-electron chi connectivity index (χ3n) is 3.03. The van der Waals surface area contributed by atoms with Crippen LogP contribution in [0, 0.1) is 0 Å². The van der Waals surface area contributed by atoms with E-state index in [1.54, 1.807) is 12.4 Å². The van der Waals surface area contributed by atoms with Gasteiger partial charge in [0.25, 0.3) is 0 Å². The molecule has 130 valence electrons. The van der Waals surface area contributed by atoms with Crippen molar-refractivity contribution < 1.29 is 22.2 Å². The van der Waals surface area contributed by atoms with Crippen LogP contribution in [0.3, 0.4) is 0 Å². The summed E-state index contributed by atoms with van der Waals surface area (Å²) >= 11 is 6.81. The number of hydrogen-bond donors (Lipinski definition) is 0. The van der Waals surface area contributed by atoms with E-state index in [2.05, 4.69) is 9.97 Å². The van der Waals surface area contributed by atoms with Gasteiger partial charge < -0.3 is 12.4 Å². The number of pyridine rings is 2. The first-order valence-electron chi connectivity index (χ1n) is 7.41. The van der Waals surface area contributed by atoms with Gasteiger partial charge in [-0.25, -0.2) is 4.98 Å².